The van der Waals surface area contributed by atoms with Gasteiger partial charge >= 0.3 is 0 Å². The molecule has 0 aliphatic rings. The van der Waals surface area contributed by atoms with Crippen LogP contribution in [0.5, 0.6) is 5.75 Å². The van der Waals surface area contributed by atoms with E-state index in [2.05, 4.69) is 41.2 Å². The molecule has 2 aromatic heterocycles. The van der Waals surface area contributed by atoms with Crippen molar-refractivity contribution in [3.63, 3.8) is 0 Å². The molecule has 0 fully saturated rings. The second kappa shape index (κ2) is 19.3. The van der Waals surface area contributed by atoms with E-state index in [0.717, 1.165) is 5.56 Å². The zero-order valence-corrected chi connectivity index (χ0v) is 34.3. The normalized spacial score (nSPS) is 10.4. The molecule has 6 aromatic rings. The minimum absolute atomic E-state index is 0.0473. The molecule has 0 aliphatic heterocycles. The molecule has 0 radical (unpaired) electrons. The lowest BCUT2D eigenvalue weighted by atomic mass is 10.1. The van der Waals surface area contributed by atoms with Crippen molar-refractivity contribution in [2.45, 2.75) is 6.92 Å². The number of halogens is 2. The maximum Gasteiger partial charge on any atom is 0.271 e. The average molecular weight is 840 g/mol. The van der Waals surface area contributed by atoms with Crippen molar-refractivity contribution in [2.75, 3.05) is 61.5 Å². The summed E-state index contributed by atoms with van der Waals surface area (Å²) in [6.07, 6.45) is 2.92. The molecule has 0 atom stereocenters. The predicted octanol–water partition coefficient (Wildman–Crippen LogP) is 7.81. The minimum Gasteiger partial charge on any atom is -0.495 e. The van der Waals surface area contributed by atoms with Gasteiger partial charge in [0, 0.05) is 46.0 Å². The van der Waals surface area contributed by atoms with Gasteiger partial charge in [0.2, 0.25) is 11.9 Å². The first kappa shape index (κ1) is 42.9. The highest BCUT2D eigenvalue weighted by molar-refractivity contribution is 6.33. The molecule has 4 aromatic carbocycles. The van der Waals surface area contributed by atoms with Crippen molar-refractivity contribution < 1.29 is 19.2 Å². The second-order valence-electron chi connectivity index (χ2n) is 12.5. The summed E-state index contributed by atoms with van der Waals surface area (Å²) in [5.41, 5.74) is 10.5. The van der Waals surface area contributed by atoms with E-state index in [1.807, 2.05) is 19.1 Å². The first-order chi connectivity index (χ1) is 28.3. The fraction of sp³-hybridized carbons (Fsp3) is 0.150. The van der Waals surface area contributed by atoms with Crippen LogP contribution in [-0.2, 0) is 0 Å². The maximum atomic E-state index is 12.2. The topological polar surface area (TPSA) is 219 Å². The third-order valence-electron chi connectivity index (χ3n) is 8.71. The number of anilines is 9. The van der Waals surface area contributed by atoms with E-state index < -0.39 is 4.92 Å². The van der Waals surface area contributed by atoms with Gasteiger partial charge in [-0.25, -0.2) is 9.97 Å². The highest BCUT2D eigenvalue weighted by Crippen LogP contribution is 2.35. The molecule has 0 bridgehead atoms. The Morgan fingerprint density at radius 3 is 1.71 bits per heavy atom. The Balaban J connectivity index is 0.000000224. The SMILES string of the molecule is CNC(=O)c1ccccc1N(C)c1nc(Nc2cc(N)ccc2OC)ncc1Cl.CNC(=O)c1ccccc1N(C)c1nc(Nc2cc([N+](=O)[O-])ccc2C)ncc1Cl. The van der Waals surface area contributed by atoms with E-state index in [4.69, 9.17) is 33.7 Å². The molecule has 2 heterocycles. The van der Waals surface area contributed by atoms with E-state index in [0.29, 0.717) is 67.9 Å². The van der Waals surface area contributed by atoms with Gasteiger partial charge in [-0.3, -0.25) is 19.7 Å². The van der Waals surface area contributed by atoms with Crippen LogP contribution in [0.4, 0.5) is 57.7 Å². The van der Waals surface area contributed by atoms with Crippen LogP contribution < -0.4 is 41.5 Å². The summed E-state index contributed by atoms with van der Waals surface area (Å²) in [5.74, 6) is 1.46. The quantitative estimate of drug-likeness (QED) is 0.0451. The predicted molar refractivity (Wildman–Crippen MR) is 232 cm³/mol. The van der Waals surface area contributed by atoms with Crippen molar-refractivity contribution in [1.82, 2.24) is 30.6 Å². The van der Waals surface area contributed by atoms with Crippen LogP contribution in [0.3, 0.4) is 0 Å². The van der Waals surface area contributed by atoms with Crippen LogP contribution in [-0.4, -0.2) is 72.0 Å². The number of nitrogens with two attached hydrogens (primary N) is 1. The first-order valence-corrected chi connectivity index (χ1v) is 18.4. The van der Waals surface area contributed by atoms with Crippen LogP contribution in [0.2, 0.25) is 10.0 Å². The summed E-state index contributed by atoms with van der Waals surface area (Å²) in [7, 11) is 8.21. The number of hydrogen-bond acceptors (Lipinski definition) is 14. The fourth-order valence-electron chi connectivity index (χ4n) is 5.64. The van der Waals surface area contributed by atoms with Crippen molar-refractivity contribution >= 4 is 92.7 Å². The number of ether oxygens (including phenoxy) is 1. The lowest BCUT2D eigenvalue weighted by Gasteiger charge is -2.22. The van der Waals surface area contributed by atoms with Gasteiger partial charge in [0.25, 0.3) is 17.5 Å². The lowest BCUT2D eigenvalue weighted by Crippen LogP contribution is -2.22. The molecule has 0 saturated heterocycles. The third-order valence-corrected chi connectivity index (χ3v) is 9.24. The number of nitrogens with zero attached hydrogens (tertiary/aromatic N) is 7. The summed E-state index contributed by atoms with van der Waals surface area (Å²) < 4.78 is 5.34. The number of non-ortho nitro benzene ring substituents is 1. The molecule has 0 saturated carbocycles. The number of carbonyl (C=O) groups excluding carboxylic acids is 2. The number of nitro groups is 1. The molecule has 2 amide bonds. The number of methoxy groups -OCH3 is 1. The van der Waals surface area contributed by atoms with Crippen LogP contribution in [0.1, 0.15) is 26.3 Å². The van der Waals surface area contributed by atoms with E-state index in [1.54, 1.807) is 106 Å². The molecular formula is C40H40Cl2N12O5. The molecule has 19 heteroatoms. The number of para-hydroxylation sites is 2. The molecule has 6 rings (SSSR count). The summed E-state index contributed by atoms with van der Waals surface area (Å²) in [5, 5.41) is 23.0. The second-order valence-corrected chi connectivity index (χ2v) is 13.3. The molecule has 0 unspecified atom stereocenters. The average Bonchev–Trinajstić information content (AvgIpc) is 3.24. The standard InChI is InChI=1S/C20H19ClN6O3.C20H21ClN6O2/c1-12-8-9-13(27(29)30)10-16(12)24-20-23-11-15(21)18(25-20)26(3)17-7-5-4-6-14(17)19(28)22-2;1-23-19(28)13-6-4-5-7-16(13)27(2)18-14(21)11-24-20(26-18)25-15-10-12(22)8-9-17(15)29-3/h4-11H,1-3H3,(H,22,28)(H,23,24,25);4-11H,22H2,1-3H3,(H,23,28)(H,24,25,26). The molecule has 0 spiro atoms. The van der Waals surface area contributed by atoms with Gasteiger partial charge in [0.05, 0.1) is 58.3 Å². The van der Waals surface area contributed by atoms with Crippen LogP contribution in [0, 0.1) is 17.0 Å². The summed E-state index contributed by atoms with van der Waals surface area (Å²) in [6, 6.07) is 23.9. The smallest absolute Gasteiger partial charge is 0.271 e. The maximum absolute atomic E-state index is 12.2. The summed E-state index contributed by atoms with van der Waals surface area (Å²) in [4.78, 5) is 55.8. The van der Waals surface area contributed by atoms with Crippen LogP contribution in [0.15, 0.2) is 97.3 Å². The van der Waals surface area contributed by atoms with E-state index in [1.165, 1.54) is 24.5 Å². The monoisotopic (exact) mass is 838 g/mol. The summed E-state index contributed by atoms with van der Waals surface area (Å²) in [6.45, 7) is 1.81. The Labute approximate surface area is 349 Å². The van der Waals surface area contributed by atoms with Gasteiger partial charge in [0.15, 0.2) is 11.6 Å². The largest absolute Gasteiger partial charge is 0.495 e. The molecule has 17 nitrogen and oxygen atoms in total. The Morgan fingerprint density at radius 1 is 0.746 bits per heavy atom. The Bertz CT molecular complexity index is 2510. The number of rotatable bonds is 12. The van der Waals surface area contributed by atoms with Crippen molar-refractivity contribution in [3.05, 3.63) is 134 Å². The van der Waals surface area contributed by atoms with E-state index in [-0.39, 0.29) is 28.5 Å². The van der Waals surface area contributed by atoms with Gasteiger partial charge in [-0.1, -0.05) is 53.5 Å². The number of aromatic nitrogens is 4. The number of carbonyl (C=O) groups is 2. The summed E-state index contributed by atoms with van der Waals surface area (Å²) >= 11 is 12.7. The molecule has 304 valence electrons. The van der Waals surface area contributed by atoms with Gasteiger partial charge in [-0.15, -0.1) is 0 Å². The number of nitro benzene ring substituents is 1. The highest BCUT2D eigenvalue weighted by Gasteiger charge is 2.20. The number of nitrogen functional groups attached to an aromatic ring is 1. The minimum atomic E-state index is -0.470. The van der Waals surface area contributed by atoms with Crippen molar-refractivity contribution in [2.24, 2.45) is 0 Å². The first-order valence-electron chi connectivity index (χ1n) is 17.6. The lowest BCUT2D eigenvalue weighted by molar-refractivity contribution is -0.384. The van der Waals surface area contributed by atoms with Crippen LogP contribution >= 0.6 is 23.2 Å². The van der Waals surface area contributed by atoms with Gasteiger partial charge in [-0.05, 0) is 55.0 Å². The fourth-order valence-corrected chi connectivity index (χ4v) is 6.08. The Hall–Kier alpha value is -7.24. The van der Waals surface area contributed by atoms with Crippen molar-refractivity contribution in [1.29, 1.82) is 0 Å². The number of nitrogens with one attached hydrogen (secondary N) is 4. The van der Waals surface area contributed by atoms with Gasteiger partial charge in [-0.2, -0.15) is 9.97 Å². The van der Waals surface area contributed by atoms with Crippen molar-refractivity contribution in [3.8, 4) is 5.75 Å². The number of aryl methyl sites for hydroxylation is 1. The molecule has 0 aliphatic carbocycles. The zero-order chi connectivity index (χ0) is 42.8. The number of amides is 2. The highest BCUT2D eigenvalue weighted by atomic mass is 35.5. The van der Waals surface area contributed by atoms with Crippen LogP contribution in [0.25, 0.3) is 0 Å². The number of benzene rings is 4. The van der Waals surface area contributed by atoms with E-state index in [9.17, 15) is 19.7 Å². The van der Waals surface area contributed by atoms with Gasteiger partial charge < -0.3 is 41.5 Å². The Kier molecular flexibility index (Phi) is 14.0. The third kappa shape index (κ3) is 10.2. The van der Waals surface area contributed by atoms with Gasteiger partial charge in [0.1, 0.15) is 15.8 Å². The van der Waals surface area contributed by atoms with E-state index >= 15 is 0 Å². The number of hydrogen-bond donors (Lipinski definition) is 5. The molecular weight excluding hydrogens is 799 g/mol. The molecule has 59 heavy (non-hydrogen) atoms. The zero-order valence-electron chi connectivity index (χ0n) is 32.7. The Morgan fingerprint density at radius 2 is 1.24 bits per heavy atom. The molecule has 6 N–H and O–H groups in total.